The number of hydrogen-bond acceptors (Lipinski definition) is 3. The van der Waals surface area contributed by atoms with E-state index in [0.29, 0.717) is 0 Å². The summed E-state index contributed by atoms with van der Waals surface area (Å²) < 4.78 is 5.50. The van der Waals surface area contributed by atoms with Gasteiger partial charge in [0.15, 0.2) is 5.76 Å². The lowest BCUT2D eigenvalue weighted by atomic mass is 10.3. The largest absolute Gasteiger partial charge is 0.460 e. The van der Waals surface area contributed by atoms with Crippen LogP contribution >= 0.6 is 0 Å². The SMILES string of the molecule is CCNCc1ncc(-c2ccc(C)o2)[nH]1. The number of aromatic nitrogens is 2. The Morgan fingerprint density at radius 3 is 3.00 bits per heavy atom. The van der Waals surface area contributed by atoms with Gasteiger partial charge in [-0.3, -0.25) is 0 Å². The lowest BCUT2D eigenvalue weighted by Gasteiger charge is -1.96. The van der Waals surface area contributed by atoms with Crippen molar-refractivity contribution < 1.29 is 4.42 Å². The van der Waals surface area contributed by atoms with Gasteiger partial charge in [0, 0.05) is 0 Å². The molecule has 0 aromatic carbocycles. The van der Waals surface area contributed by atoms with Gasteiger partial charge in [0.2, 0.25) is 0 Å². The lowest BCUT2D eigenvalue weighted by molar-refractivity contribution is 0.546. The number of hydrogen-bond donors (Lipinski definition) is 2. The van der Waals surface area contributed by atoms with Gasteiger partial charge in [0.1, 0.15) is 17.3 Å². The molecule has 2 aromatic rings. The average molecular weight is 205 g/mol. The summed E-state index contributed by atoms with van der Waals surface area (Å²) in [6.45, 7) is 5.70. The third-order valence-corrected chi connectivity index (χ3v) is 2.18. The molecule has 0 aliphatic rings. The van der Waals surface area contributed by atoms with Crippen molar-refractivity contribution in [2.24, 2.45) is 0 Å². The van der Waals surface area contributed by atoms with Gasteiger partial charge in [0.25, 0.3) is 0 Å². The molecule has 0 unspecified atom stereocenters. The van der Waals surface area contributed by atoms with Crippen LogP contribution in [0.3, 0.4) is 0 Å². The van der Waals surface area contributed by atoms with Gasteiger partial charge in [-0.1, -0.05) is 6.92 Å². The summed E-state index contributed by atoms with van der Waals surface area (Å²) in [5.74, 6) is 2.68. The summed E-state index contributed by atoms with van der Waals surface area (Å²) >= 11 is 0. The van der Waals surface area contributed by atoms with E-state index in [4.69, 9.17) is 4.42 Å². The summed E-state index contributed by atoms with van der Waals surface area (Å²) in [5, 5.41) is 3.21. The zero-order valence-electron chi connectivity index (χ0n) is 9.00. The second kappa shape index (κ2) is 4.31. The first kappa shape index (κ1) is 9.98. The molecule has 2 aromatic heterocycles. The van der Waals surface area contributed by atoms with Crippen LogP contribution in [0.15, 0.2) is 22.7 Å². The van der Waals surface area contributed by atoms with Crippen LogP contribution in [-0.4, -0.2) is 16.5 Å². The van der Waals surface area contributed by atoms with Crippen molar-refractivity contribution in [1.29, 1.82) is 0 Å². The molecule has 0 bridgehead atoms. The molecule has 4 heteroatoms. The molecule has 0 spiro atoms. The van der Waals surface area contributed by atoms with E-state index in [-0.39, 0.29) is 0 Å². The van der Waals surface area contributed by atoms with Gasteiger partial charge in [-0.2, -0.15) is 0 Å². The number of nitrogens with zero attached hydrogens (tertiary/aromatic N) is 1. The van der Waals surface area contributed by atoms with E-state index in [9.17, 15) is 0 Å². The first-order valence-corrected chi connectivity index (χ1v) is 5.11. The van der Waals surface area contributed by atoms with E-state index in [1.54, 1.807) is 6.20 Å². The number of imidazole rings is 1. The Balaban J connectivity index is 2.13. The standard InChI is InChI=1S/C11H15N3O/c1-3-12-7-11-13-6-9(14-11)10-5-4-8(2)15-10/h4-6,12H,3,7H2,1-2H3,(H,13,14). The zero-order valence-corrected chi connectivity index (χ0v) is 9.00. The first-order chi connectivity index (χ1) is 7.29. The van der Waals surface area contributed by atoms with Crippen LogP contribution in [0.1, 0.15) is 18.5 Å². The Labute approximate surface area is 88.7 Å². The second-order valence-electron chi connectivity index (χ2n) is 3.43. The maximum absolute atomic E-state index is 5.50. The summed E-state index contributed by atoms with van der Waals surface area (Å²) in [6, 6.07) is 3.89. The van der Waals surface area contributed by atoms with Crippen LogP contribution in [0, 0.1) is 6.92 Å². The van der Waals surface area contributed by atoms with Gasteiger partial charge in [-0.25, -0.2) is 4.98 Å². The van der Waals surface area contributed by atoms with Crippen molar-refractivity contribution in [2.45, 2.75) is 20.4 Å². The fourth-order valence-electron chi connectivity index (χ4n) is 1.40. The quantitative estimate of drug-likeness (QED) is 0.803. The maximum Gasteiger partial charge on any atom is 0.152 e. The van der Waals surface area contributed by atoms with E-state index in [0.717, 1.165) is 36.1 Å². The fourth-order valence-corrected chi connectivity index (χ4v) is 1.40. The summed E-state index contributed by atoms with van der Waals surface area (Å²) in [4.78, 5) is 7.47. The predicted octanol–water partition coefficient (Wildman–Crippen LogP) is 2.09. The molecule has 80 valence electrons. The Morgan fingerprint density at radius 1 is 1.47 bits per heavy atom. The number of nitrogens with one attached hydrogen (secondary N) is 2. The molecule has 2 heterocycles. The Hall–Kier alpha value is -1.55. The molecule has 4 nitrogen and oxygen atoms in total. The van der Waals surface area contributed by atoms with Gasteiger partial charge in [0.05, 0.1) is 12.7 Å². The van der Waals surface area contributed by atoms with Crippen molar-refractivity contribution in [2.75, 3.05) is 6.54 Å². The minimum atomic E-state index is 0.760. The van der Waals surface area contributed by atoms with Crippen molar-refractivity contribution >= 4 is 0 Å². The van der Waals surface area contributed by atoms with Crippen molar-refractivity contribution in [3.63, 3.8) is 0 Å². The molecular weight excluding hydrogens is 190 g/mol. The second-order valence-corrected chi connectivity index (χ2v) is 3.43. The van der Waals surface area contributed by atoms with E-state index in [1.165, 1.54) is 0 Å². The summed E-state index contributed by atoms with van der Waals surface area (Å²) in [5.41, 5.74) is 0.927. The summed E-state index contributed by atoms with van der Waals surface area (Å²) in [6.07, 6.45) is 1.80. The van der Waals surface area contributed by atoms with E-state index < -0.39 is 0 Å². The molecule has 0 atom stereocenters. The van der Waals surface area contributed by atoms with Gasteiger partial charge in [-0.15, -0.1) is 0 Å². The van der Waals surface area contributed by atoms with Crippen LogP contribution in [0.5, 0.6) is 0 Å². The molecular formula is C11H15N3O. The Kier molecular flexibility index (Phi) is 2.87. The summed E-state index contributed by atoms with van der Waals surface area (Å²) in [7, 11) is 0. The minimum Gasteiger partial charge on any atom is -0.460 e. The average Bonchev–Trinajstić information content (AvgIpc) is 2.83. The van der Waals surface area contributed by atoms with Crippen LogP contribution in [-0.2, 0) is 6.54 Å². The van der Waals surface area contributed by atoms with E-state index >= 15 is 0 Å². The number of furan rings is 1. The van der Waals surface area contributed by atoms with Crippen LogP contribution < -0.4 is 5.32 Å². The number of aryl methyl sites for hydroxylation is 1. The van der Waals surface area contributed by atoms with Gasteiger partial charge >= 0.3 is 0 Å². The molecule has 15 heavy (non-hydrogen) atoms. The van der Waals surface area contributed by atoms with E-state index in [2.05, 4.69) is 22.2 Å². The monoisotopic (exact) mass is 205 g/mol. The van der Waals surface area contributed by atoms with Crippen molar-refractivity contribution in [3.8, 4) is 11.5 Å². The molecule has 0 radical (unpaired) electrons. The Morgan fingerprint density at radius 2 is 2.33 bits per heavy atom. The van der Waals surface area contributed by atoms with E-state index in [1.807, 2.05) is 19.1 Å². The predicted molar refractivity (Wildman–Crippen MR) is 58.4 cm³/mol. The highest BCUT2D eigenvalue weighted by atomic mass is 16.3. The van der Waals surface area contributed by atoms with Gasteiger partial charge in [-0.05, 0) is 25.6 Å². The zero-order chi connectivity index (χ0) is 10.7. The molecule has 2 N–H and O–H groups in total. The highest BCUT2D eigenvalue weighted by molar-refractivity contribution is 5.51. The molecule has 0 saturated heterocycles. The number of H-pyrrole nitrogens is 1. The lowest BCUT2D eigenvalue weighted by Crippen LogP contribution is -2.12. The highest BCUT2D eigenvalue weighted by Gasteiger charge is 2.05. The van der Waals surface area contributed by atoms with Crippen molar-refractivity contribution in [1.82, 2.24) is 15.3 Å². The molecule has 0 amide bonds. The molecule has 0 saturated carbocycles. The van der Waals surface area contributed by atoms with Crippen LogP contribution in [0.4, 0.5) is 0 Å². The normalized spacial score (nSPS) is 10.8. The maximum atomic E-state index is 5.50. The highest BCUT2D eigenvalue weighted by Crippen LogP contribution is 2.19. The molecule has 0 fully saturated rings. The molecule has 0 aliphatic heterocycles. The first-order valence-electron chi connectivity index (χ1n) is 5.11. The van der Waals surface area contributed by atoms with Gasteiger partial charge < -0.3 is 14.7 Å². The smallest absolute Gasteiger partial charge is 0.152 e. The third-order valence-electron chi connectivity index (χ3n) is 2.18. The van der Waals surface area contributed by atoms with Crippen LogP contribution in [0.2, 0.25) is 0 Å². The molecule has 2 rings (SSSR count). The third kappa shape index (κ3) is 2.27. The minimum absolute atomic E-state index is 0.760. The molecule has 0 aliphatic carbocycles. The number of aromatic amines is 1. The van der Waals surface area contributed by atoms with Crippen molar-refractivity contribution in [3.05, 3.63) is 29.9 Å². The topological polar surface area (TPSA) is 53.9 Å². The number of rotatable bonds is 4. The Bertz CT molecular complexity index is 430. The fraction of sp³-hybridized carbons (Fsp3) is 0.364. The van der Waals surface area contributed by atoms with Crippen LogP contribution in [0.25, 0.3) is 11.5 Å².